The Hall–Kier alpha value is -2.31. The molecule has 0 aliphatic carbocycles. The number of nitrogens with one attached hydrogen (secondary N) is 1. The number of hydrogen-bond donors (Lipinski definition) is 1. The minimum atomic E-state index is -2.15. The van der Waals surface area contributed by atoms with Gasteiger partial charge in [-0.3, -0.25) is 38.2 Å². The summed E-state index contributed by atoms with van der Waals surface area (Å²) in [6, 6.07) is 1.37. The molecule has 0 saturated carbocycles. The molecule has 0 spiro atoms. The average Bonchev–Trinajstić information content (AvgIpc) is 2.35. The van der Waals surface area contributed by atoms with Gasteiger partial charge in [0, 0.05) is 13.0 Å². The summed E-state index contributed by atoms with van der Waals surface area (Å²) in [7, 11) is 0. The third-order valence-corrected chi connectivity index (χ3v) is 3.63. The van der Waals surface area contributed by atoms with Crippen LogP contribution in [0, 0.1) is 23.8 Å². The maximum Gasteiger partial charge on any atom is 0.293 e. The van der Waals surface area contributed by atoms with E-state index in [4.69, 9.17) is 0 Å². The Labute approximate surface area is 121 Å². The second-order valence-corrected chi connectivity index (χ2v) is 4.95. The van der Waals surface area contributed by atoms with E-state index in [1.165, 1.54) is 0 Å². The quantitative estimate of drug-likeness (QED) is 0.458. The average molecular weight is 395 g/mol. The summed E-state index contributed by atoms with van der Waals surface area (Å²) in [5.74, 6) is -1.82. The zero-order chi connectivity index (χ0) is 15.4. The monoisotopic (exact) mass is 395 g/mol. The van der Waals surface area contributed by atoms with E-state index in [2.05, 4.69) is 0 Å². The topological polar surface area (TPSA) is 150 Å². The van der Waals surface area contributed by atoms with Crippen molar-refractivity contribution < 1.29 is 22.5 Å². The predicted molar refractivity (Wildman–Crippen MR) is 71.3 cm³/mol. The highest BCUT2D eigenvalue weighted by Gasteiger charge is 2.28. The lowest BCUT2D eigenvalue weighted by Gasteiger charge is -2.04. The van der Waals surface area contributed by atoms with E-state index in [0.29, 0.717) is 6.07 Å². The normalized spacial score (nSPS) is 9.85. The summed E-state index contributed by atoms with van der Waals surface area (Å²) in [5.41, 5.74) is -1.99. The van der Waals surface area contributed by atoms with Gasteiger partial charge in [-0.2, -0.15) is 0 Å². The largest absolute Gasteiger partial charge is 0.293 e. The fraction of sp³-hybridized carbons (Fsp3) is 0.111. The molecule has 0 radical (unpaired) electrons. The fourth-order valence-corrected chi connectivity index (χ4v) is 2.52. The minimum Gasteiger partial charge on any atom is -0.293 e. The van der Waals surface area contributed by atoms with E-state index in [9.17, 15) is 32.9 Å². The van der Waals surface area contributed by atoms with E-state index in [0.717, 1.165) is 13.0 Å². The first-order valence-corrected chi connectivity index (χ1v) is 6.79. The first-order chi connectivity index (χ1) is 9.27. The van der Waals surface area contributed by atoms with Gasteiger partial charge < -0.3 is 0 Å². The van der Waals surface area contributed by atoms with Gasteiger partial charge in [0.05, 0.1) is 21.5 Å². The van der Waals surface area contributed by atoms with Crippen molar-refractivity contribution >= 4 is 44.4 Å². The molecule has 0 unspecified atom stereocenters. The van der Waals surface area contributed by atoms with Crippen LogP contribution in [0.3, 0.4) is 0 Å². The van der Waals surface area contributed by atoms with Crippen molar-refractivity contribution in [3.8, 4) is 0 Å². The smallest absolute Gasteiger partial charge is 0.293 e. The lowest BCUT2D eigenvalue weighted by molar-refractivity contribution is -0.394. The summed E-state index contributed by atoms with van der Waals surface area (Å²) < 4.78 is 10.7. The van der Waals surface area contributed by atoms with Crippen LogP contribution in [0.15, 0.2) is 12.1 Å². The maximum absolute atomic E-state index is 11.7. The van der Waals surface area contributed by atoms with Gasteiger partial charge in [-0.25, -0.2) is 0 Å². The second-order valence-electron chi connectivity index (χ2n) is 3.43. The minimum absolute atomic E-state index is 0.404. The van der Waals surface area contributed by atoms with Crippen LogP contribution in [0.2, 0.25) is 0 Å². The zero-order valence-corrected chi connectivity index (χ0v) is 11.9. The standard InChI is InChI=1S/C9H6IN3O7/c1-4(14)11-9(15)6-2-5(12(17)18)3-7(13(19)20)8(6)10-16/h2-3H,1H3,(H,11,14,15). The van der Waals surface area contributed by atoms with Crippen LogP contribution in [0.25, 0.3) is 0 Å². The van der Waals surface area contributed by atoms with Gasteiger partial charge in [-0.1, -0.05) is 0 Å². The van der Waals surface area contributed by atoms with Crippen LogP contribution >= 0.6 is 21.2 Å². The number of rotatable bonds is 4. The Morgan fingerprint density at radius 3 is 2.20 bits per heavy atom. The van der Waals surface area contributed by atoms with E-state index < -0.39 is 63.4 Å². The van der Waals surface area contributed by atoms with E-state index in [-0.39, 0.29) is 0 Å². The lowest BCUT2D eigenvalue weighted by atomic mass is 10.1. The summed E-state index contributed by atoms with van der Waals surface area (Å²) in [4.78, 5) is 42.1. The van der Waals surface area contributed by atoms with Crippen LogP contribution in [0.5, 0.6) is 0 Å². The van der Waals surface area contributed by atoms with Crippen molar-refractivity contribution in [2.24, 2.45) is 0 Å². The highest BCUT2D eigenvalue weighted by Crippen LogP contribution is 2.32. The number of non-ortho nitro benzene ring substituents is 1. The number of nitro groups is 2. The molecule has 106 valence electrons. The summed E-state index contributed by atoms with van der Waals surface area (Å²) in [5, 5.41) is 23.3. The Bertz CT molecular complexity index is 643. The zero-order valence-electron chi connectivity index (χ0n) is 9.78. The highest BCUT2D eigenvalue weighted by atomic mass is 127. The highest BCUT2D eigenvalue weighted by molar-refractivity contribution is 14.1. The van der Waals surface area contributed by atoms with Gasteiger partial charge >= 0.3 is 0 Å². The predicted octanol–water partition coefficient (Wildman–Crippen LogP) is 1.27. The number of carbonyl (C=O) groups excluding carboxylic acids is 2. The number of amides is 2. The van der Waals surface area contributed by atoms with E-state index in [1.807, 2.05) is 5.32 Å². The molecule has 1 rings (SSSR count). The molecule has 11 heteroatoms. The molecule has 1 aromatic carbocycles. The van der Waals surface area contributed by atoms with E-state index >= 15 is 0 Å². The Morgan fingerprint density at radius 2 is 1.80 bits per heavy atom. The van der Waals surface area contributed by atoms with Crippen molar-refractivity contribution in [3.05, 3.63) is 41.5 Å². The lowest BCUT2D eigenvalue weighted by Crippen LogP contribution is -2.28. The summed E-state index contributed by atoms with van der Waals surface area (Å²) in [6.45, 7) is 1.02. The number of nitrogens with zero attached hydrogens (tertiary/aromatic N) is 2. The van der Waals surface area contributed by atoms with Gasteiger partial charge in [-0.15, -0.1) is 0 Å². The summed E-state index contributed by atoms with van der Waals surface area (Å²) >= 11 is -2.15. The molecule has 0 aliphatic rings. The molecule has 0 aromatic heterocycles. The number of halogens is 1. The van der Waals surface area contributed by atoms with Crippen LogP contribution in [-0.2, 0) is 7.86 Å². The summed E-state index contributed by atoms with van der Waals surface area (Å²) in [6.07, 6.45) is 0. The third kappa shape index (κ3) is 3.37. The molecule has 0 aliphatic heterocycles. The Balaban J connectivity index is 3.58. The number of nitro benzene ring substituents is 2. The number of imide groups is 1. The molecule has 1 aromatic rings. The molecule has 2 amide bonds. The van der Waals surface area contributed by atoms with Crippen molar-refractivity contribution in [1.29, 1.82) is 0 Å². The fourth-order valence-electron chi connectivity index (χ4n) is 1.31. The van der Waals surface area contributed by atoms with Gasteiger partial charge in [-0.05, 0) is 0 Å². The molecule has 1 N–H and O–H groups in total. The molecule has 0 fully saturated rings. The molecule has 0 atom stereocenters. The molecular formula is C9H6IN3O7. The van der Waals surface area contributed by atoms with Crippen LogP contribution in [0.1, 0.15) is 17.3 Å². The number of benzene rings is 1. The third-order valence-electron chi connectivity index (χ3n) is 2.06. The van der Waals surface area contributed by atoms with Gasteiger partial charge in [0.2, 0.25) is 5.91 Å². The van der Waals surface area contributed by atoms with Gasteiger partial charge in [0.25, 0.3) is 17.3 Å². The first-order valence-electron chi connectivity index (χ1n) is 4.83. The van der Waals surface area contributed by atoms with Crippen molar-refractivity contribution in [2.75, 3.05) is 0 Å². The van der Waals surface area contributed by atoms with E-state index in [1.54, 1.807) is 0 Å². The van der Waals surface area contributed by atoms with Gasteiger partial charge in [0.1, 0.15) is 3.57 Å². The van der Waals surface area contributed by atoms with Crippen molar-refractivity contribution in [1.82, 2.24) is 5.32 Å². The molecule has 10 nitrogen and oxygen atoms in total. The Kier molecular flexibility index (Phi) is 4.90. The SMILES string of the molecule is CC(=O)NC(=O)c1cc([N+](=O)[O-])cc([N+](=O)[O-])c1I=O. The second kappa shape index (κ2) is 6.23. The van der Waals surface area contributed by atoms with Crippen LogP contribution in [-0.4, -0.2) is 21.7 Å². The maximum atomic E-state index is 11.7. The molecule has 0 heterocycles. The number of hydrogen-bond acceptors (Lipinski definition) is 7. The first kappa shape index (κ1) is 15.7. The Morgan fingerprint density at radius 1 is 1.20 bits per heavy atom. The molecule has 0 bridgehead atoms. The molecular weight excluding hydrogens is 389 g/mol. The molecule has 20 heavy (non-hydrogen) atoms. The number of carbonyl (C=O) groups is 2. The van der Waals surface area contributed by atoms with Crippen LogP contribution in [0.4, 0.5) is 11.4 Å². The van der Waals surface area contributed by atoms with Crippen molar-refractivity contribution in [3.63, 3.8) is 0 Å². The van der Waals surface area contributed by atoms with Crippen molar-refractivity contribution in [2.45, 2.75) is 6.92 Å². The molecule has 0 saturated heterocycles. The van der Waals surface area contributed by atoms with Crippen LogP contribution < -0.4 is 5.32 Å². The van der Waals surface area contributed by atoms with Gasteiger partial charge in [0.15, 0.2) is 21.2 Å².